The van der Waals surface area contributed by atoms with Crippen LogP contribution in [-0.4, -0.2) is 9.74 Å². The predicted octanol–water partition coefficient (Wildman–Crippen LogP) is 1.69. The third kappa shape index (κ3) is 1.35. The molecule has 0 N–H and O–H groups in total. The van der Waals surface area contributed by atoms with E-state index in [-0.39, 0.29) is 0 Å². The summed E-state index contributed by atoms with van der Waals surface area (Å²) in [6.45, 7) is 0. The molecule has 0 aliphatic rings. The van der Waals surface area contributed by atoms with Crippen molar-refractivity contribution in [3.8, 4) is 0 Å². The monoisotopic (exact) mass is 143 g/mol. The van der Waals surface area contributed by atoms with E-state index in [0.717, 1.165) is 12.1 Å². The van der Waals surface area contributed by atoms with Crippen molar-refractivity contribution in [2.75, 3.05) is 0 Å². The smallest absolute Gasteiger partial charge is 0.0588 e. The number of rotatable bonds is 2. The van der Waals surface area contributed by atoms with Gasteiger partial charge in [0.1, 0.15) is 0 Å². The van der Waals surface area contributed by atoms with Gasteiger partial charge in [0.15, 0.2) is 0 Å². The Kier molecular flexibility index (Phi) is 2.11. The molecule has 0 aliphatic heterocycles. The van der Waals surface area contributed by atoms with Crippen molar-refractivity contribution in [3.63, 3.8) is 0 Å². The van der Waals surface area contributed by atoms with Crippen LogP contribution in [0.15, 0.2) is 11.4 Å². The summed E-state index contributed by atoms with van der Waals surface area (Å²) >= 11 is 6.10. The first kappa shape index (κ1) is 5.85. The maximum absolute atomic E-state index is 4.64. The molecular formula is C5H5NS2. The van der Waals surface area contributed by atoms with E-state index in [2.05, 4.69) is 16.6 Å². The van der Waals surface area contributed by atoms with Gasteiger partial charge in [-0.3, -0.25) is 0 Å². The first-order chi connectivity index (χ1) is 3.93. The largest absolute Gasteiger partial charge is 0.197 e. The maximum Gasteiger partial charge on any atom is 0.0588 e. The van der Waals surface area contributed by atoms with Gasteiger partial charge in [0.25, 0.3) is 0 Å². The summed E-state index contributed by atoms with van der Waals surface area (Å²) in [7, 11) is 0. The average Bonchev–Trinajstić information content (AvgIpc) is 2.19. The topological polar surface area (TPSA) is 12.9 Å². The number of nitrogens with zero attached hydrogens (tertiary/aromatic N) is 1. The molecule has 1 aromatic rings. The fourth-order valence-corrected chi connectivity index (χ4v) is 1.15. The summed E-state index contributed by atoms with van der Waals surface area (Å²) < 4.78 is 4.05. The Morgan fingerprint density at radius 2 is 2.75 bits per heavy atom. The van der Waals surface area contributed by atoms with Crippen LogP contribution in [0.3, 0.4) is 0 Å². The molecule has 0 saturated heterocycles. The van der Waals surface area contributed by atoms with E-state index in [1.165, 1.54) is 11.5 Å². The van der Waals surface area contributed by atoms with E-state index < -0.39 is 0 Å². The second kappa shape index (κ2) is 2.89. The van der Waals surface area contributed by atoms with Gasteiger partial charge in [0.05, 0.1) is 5.69 Å². The van der Waals surface area contributed by atoms with Gasteiger partial charge in [0, 0.05) is 11.8 Å². The van der Waals surface area contributed by atoms with Crippen LogP contribution in [0.4, 0.5) is 0 Å². The van der Waals surface area contributed by atoms with Crippen LogP contribution in [0.5, 0.6) is 0 Å². The fraction of sp³-hybridized carbons (Fsp3) is 0.200. The van der Waals surface area contributed by atoms with Crippen molar-refractivity contribution < 1.29 is 0 Å². The Morgan fingerprint density at radius 1 is 1.88 bits per heavy atom. The summed E-state index contributed by atoms with van der Waals surface area (Å²) in [5.74, 6) is 0. The lowest BCUT2D eigenvalue weighted by molar-refractivity contribution is 1.27. The Hall–Kier alpha value is -0.280. The van der Waals surface area contributed by atoms with Crippen LogP contribution < -0.4 is 0 Å². The highest BCUT2D eigenvalue weighted by Gasteiger charge is 1.87. The van der Waals surface area contributed by atoms with Crippen molar-refractivity contribution in [2.24, 2.45) is 0 Å². The molecule has 1 nitrogen and oxygen atoms in total. The van der Waals surface area contributed by atoms with Gasteiger partial charge >= 0.3 is 0 Å². The van der Waals surface area contributed by atoms with Crippen molar-refractivity contribution in [2.45, 2.75) is 6.42 Å². The lowest BCUT2D eigenvalue weighted by Crippen LogP contribution is -1.80. The molecule has 0 atom stereocenters. The molecule has 0 amide bonds. The number of hydrogen-bond acceptors (Lipinski definition) is 3. The van der Waals surface area contributed by atoms with Gasteiger partial charge in [-0.15, -0.1) is 0 Å². The highest BCUT2D eigenvalue weighted by Crippen LogP contribution is 1.98. The fourth-order valence-electron chi connectivity index (χ4n) is 0.428. The zero-order valence-corrected chi connectivity index (χ0v) is 5.84. The molecule has 0 unspecified atom stereocenters. The van der Waals surface area contributed by atoms with E-state index in [4.69, 9.17) is 0 Å². The van der Waals surface area contributed by atoms with Crippen LogP contribution in [0, 0.1) is 0 Å². The van der Waals surface area contributed by atoms with Crippen LogP contribution >= 0.6 is 23.8 Å². The molecule has 1 heterocycles. The minimum Gasteiger partial charge on any atom is -0.197 e. The van der Waals surface area contributed by atoms with Gasteiger partial charge < -0.3 is 0 Å². The lowest BCUT2D eigenvalue weighted by Gasteiger charge is -1.78. The minimum atomic E-state index is 0.818. The highest BCUT2D eigenvalue weighted by atomic mass is 32.1. The molecular weight excluding hydrogens is 138 g/mol. The van der Waals surface area contributed by atoms with Crippen molar-refractivity contribution >= 4 is 29.1 Å². The highest BCUT2D eigenvalue weighted by molar-refractivity contribution is 7.78. The molecule has 8 heavy (non-hydrogen) atoms. The molecule has 0 aromatic carbocycles. The van der Waals surface area contributed by atoms with Gasteiger partial charge in [-0.1, -0.05) is 12.2 Å². The van der Waals surface area contributed by atoms with Gasteiger partial charge in [-0.05, 0) is 23.0 Å². The third-order valence-electron chi connectivity index (χ3n) is 0.784. The summed E-state index contributed by atoms with van der Waals surface area (Å²) in [6, 6.07) is 1.98. The third-order valence-corrected chi connectivity index (χ3v) is 1.55. The first-order valence-electron chi connectivity index (χ1n) is 2.26. The maximum atomic E-state index is 4.64. The molecule has 1 aromatic heterocycles. The van der Waals surface area contributed by atoms with E-state index >= 15 is 0 Å². The van der Waals surface area contributed by atoms with E-state index in [9.17, 15) is 0 Å². The summed E-state index contributed by atoms with van der Waals surface area (Å²) in [6.07, 6.45) is 0.818. The molecule has 0 fully saturated rings. The van der Waals surface area contributed by atoms with E-state index in [1.807, 2.05) is 11.4 Å². The normalized spacial score (nSPS) is 9.00. The van der Waals surface area contributed by atoms with Crippen LogP contribution in [0.1, 0.15) is 5.69 Å². The van der Waals surface area contributed by atoms with E-state index in [0.29, 0.717) is 0 Å². The standard InChI is InChI=1S/C5H5NS2/c7-3-1-5-2-4-8-6-5/h2-4H,1H2. The Balaban J connectivity index is 2.62. The molecule has 3 heteroatoms. The number of aromatic nitrogens is 1. The van der Waals surface area contributed by atoms with Crippen LogP contribution in [-0.2, 0) is 6.42 Å². The minimum absolute atomic E-state index is 0.818. The Bertz CT molecular complexity index is 157. The van der Waals surface area contributed by atoms with Gasteiger partial charge in [-0.2, -0.15) is 4.37 Å². The molecule has 0 radical (unpaired) electrons. The zero-order valence-electron chi connectivity index (χ0n) is 4.20. The van der Waals surface area contributed by atoms with E-state index in [1.54, 1.807) is 5.37 Å². The first-order valence-corrected chi connectivity index (χ1v) is 3.57. The van der Waals surface area contributed by atoms with Crippen molar-refractivity contribution in [3.05, 3.63) is 17.1 Å². The number of hydrogen-bond donors (Lipinski definition) is 0. The average molecular weight is 143 g/mol. The molecule has 1 rings (SSSR count). The number of thiocarbonyl (C=S) groups is 1. The molecule has 0 aliphatic carbocycles. The molecule has 0 bridgehead atoms. The Morgan fingerprint density at radius 3 is 3.25 bits per heavy atom. The second-order valence-electron chi connectivity index (χ2n) is 1.36. The van der Waals surface area contributed by atoms with Crippen LogP contribution in [0.25, 0.3) is 0 Å². The summed E-state index contributed by atoms with van der Waals surface area (Å²) in [4.78, 5) is 0. The molecule has 0 saturated carbocycles. The Labute approximate surface area is 57.5 Å². The predicted molar refractivity (Wildman–Crippen MR) is 39.5 cm³/mol. The zero-order chi connectivity index (χ0) is 5.82. The lowest BCUT2D eigenvalue weighted by atomic mass is 10.3. The second-order valence-corrected chi connectivity index (χ2v) is 2.36. The van der Waals surface area contributed by atoms with Gasteiger partial charge in [0.2, 0.25) is 0 Å². The molecule has 42 valence electrons. The van der Waals surface area contributed by atoms with Crippen LogP contribution in [0.2, 0.25) is 0 Å². The summed E-state index contributed by atoms with van der Waals surface area (Å²) in [5.41, 5.74) is 1.07. The quantitative estimate of drug-likeness (QED) is 0.584. The SMILES string of the molecule is S=CCc1ccsn1. The van der Waals surface area contributed by atoms with Crippen molar-refractivity contribution in [1.82, 2.24) is 4.37 Å². The summed E-state index contributed by atoms with van der Waals surface area (Å²) in [5, 5.41) is 3.64. The van der Waals surface area contributed by atoms with Gasteiger partial charge in [-0.25, -0.2) is 0 Å². The van der Waals surface area contributed by atoms with Crippen molar-refractivity contribution in [1.29, 1.82) is 0 Å². The molecule has 0 spiro atoms.